The summed E-state index contributed by atoms with van der Waals surface area (Å²) < 4.78 is 16.7. The van der Waals surface area contributed by atoms with Crippen LogP contribution in [0, 0.1) is 5.92 Å². The highest BCUT2D eigenvalue weighted by Gasteiger charge is 2.32. The van der Waals surface area contributed by atoms with Crippen molar-refractivity contribution in [3.8, 4) is 22.0 Å². The minimum absolute atomic E-state index is 0.101. The second kappa shape index (κ2) is 9.95. The molecule has 4 heterocycles. The highest BCUT2D eigenvalue weighted by Crippen LogP contribution is 2.34. The minimum atomic E-state index is -0.101. The van der Waals surface area contributed by atoms with E-state index in [1.54, 1.807) is 6.26 Å². The van der Waals surface area contributed by atoms with Crippen LogP contribution in [0.4, 0.5) is 0 Å². The molecule has 32 heavy (non-hydrogen) atoms. The maximum Gasteiger partial charge on any atom is 0.263 e. The molecule has 5 rings (SSSR count). The number of carbonyl (C=O) groups is 1. The van der Waals surface area contributed by atoms with Gasteiger partial charge in [-0.15, -0.1) is 11.3 Å². The van der Waals surface area contributed by atoms with E-state index in [1.165, 1.54) is 11.3 Å². The Morgan fingerprint density at radius 3 is 2.69 bits per heavy atom. The van der Waals surface area contributed by atoms with Crippen molar-refractivity contribution < 1.29 is 18.7 Å². The molecule has 1 amide bonds. The number of aromatic nitrogens is 1. The molecule has 1 aromatic carbocycles. The van der Waals surface area contributed by atoms with Gasteiger partial charge in [0.15, 0.2) is 10.8 Å². The van der Waals surface area contributed by atoms with Gasteiger partial charge in [-0.3, -0.25) is 9.69 Å². The Bertz CT molecular complexity index is 1010. The van der Waals surface area contributed by atoms with Crippen LogP contribution in [0.5, 0.6) is 0 Å². The summed E-state index contributed by atoms with van der Waals surface area (Å²) in [6.45, 7) is 5.35. The van der Waals surface area contributed by atoms with Crippen molar-refractivity contribution in [2.75, 3.05) is 46.1 Å². The van der Waals surface area contributed by atoms with E-state index in [2.05, 4.69) is 10.2 Å². The van der Waals surface area contributed by atoms with E-state index in [0.29, 0.717) is 33.8 Å². The van der Waals surface area contributed by atoms with Crippen molar-refractivity contribution in [3.63, 3.8) is 0 Å². The van der Waals surface area contributed by atoms with Crippen molar-refractivity contribution in [3.05, 3.63) is 53.6 Å². The minimum Gasteiger partial charge on any atom is -0.462 e. The highest BCUT2D eigenvalue weighted by molar-refractivity contribution is 7.17. The normalized spacial score (nSPS) is 20.3. The van der Waals surface area contributed by atoms with Crippen molar-refractivity contribution in [2.45, 2.75) is 12.5 Å². The number of carbonyl (C=O) groups excluding carboxylic acids is 1. The van der Waals surface area contributed by atoms with Gasteiger partial charge in [0, 0.05) is 43.8 Å². The molecule has 2 saturated heterocycles. The molecule has 3 aromatic rings. The Balaban J connectivity index is 1.38. The maximum atomic E-state index is 13.4. The molecule has 168 valence electrons. The first-order valence-corrected chi connectivity index (χ1v) is 11.9. The van der Waals surface area contributed by atoms with E-state index in [-0.39, 0.29) is 11.9 Å². The smallest absolute Gasteiger partial charge is 0.263 e. The van der Waals surface area contributed by atoms with E-state index >= 15 is 0 Å². The summed E-state index contributed by atoms with van der Waals surface area (Å²) >= 11 is 1.36. The number of nitrogens with one attached hydrogen (secondary N) is 1. The molecule has 2 aliphatic rings. The number of furan rings is 1. The predicted octanol–water partition coefficient (Wildman–Crippen LogP) is 3.54. The lowest BCUT2D eigenvalue weighted by molar-refractivity contribution is 0.00167. The number of ether oxygens (including phenoxy) is 2. The van der Waals surface area contributed by atoms with Gasteiger partial charge in [0.05, 0.1) is 31.8 Å². The molecule has 2 aromatic heterocycles. The average molecular weight is 454 g/mol. The molecule has 0 saturated carbocycles. The molecule has 8 heteroatoms. The van der Waals surface area contributed by atoms with Crippen LogP contribution in [0.2, 0.25) is 0 Å². The predicted molar refractivity (Wildman–Crippen MR) is 123 cm³/mol. The van der Waals surface area contributed by atoms with E-state index in [4.69, 9.17) is 18.9 Å². The summed E-state index contributed by atoms with van der Waals surface area (Å²) in [6, 6.07) is 13.8. The van der Waals surface area contributed by atoms with Crippen LogP contribution in [0.1, 0.15) is 16.1 Å². The molecular formula is C24H27N3O4S. The number of rotatable bonds is 7. The van der Waals surface area contributed by atoms with Gasteiger partial charge in [0.25, 0.3) is 5.91 Å². The van der Waals surface area contributed by atoms with Gasteiger partial charge in [0.2, 0.25) is 0 Å². The van der Waals surface area contributed by atoms with Gasteiger partial charge in [-0.1, -0.05) is 30.3 Å². The molecule has 0 spiro atoms. The second-order valence-electron chi connectivity index (χ2n) is 8.09. The van der Waals surface area contributed by atoms with Crippen molar-refractivity contribution in [1.29, 1.82) is 0 Å². The van der Waals surface area contributed by atoms with E-state index < -0.39 is 0 Å². The monoisotopic (exact) mass is 453 g/mol. The average Bonchev–Trinajstić information content (AvgIpc) is 3.62. The Labute approximate surface area is 191 Å². The summed E-state index contributed by atoms with van der Waals surface area (Å²) in [4.78, 5) is 21.2. The van der Waals surface area contributed by atoms with Gasteiger partial charge in [0.1, 0.15) is 4.88 Å². The molecule has 7 nitrogen and oxygen atoms in total. The first-order valence-electron chi connectivity index (χ1n) is 11.1. The summed E-state index contributed by atoms with van der Waals surface area (Å²) in [5.41, 5.74) is 1.60. The fraction of sp³-hybridized carbons (Fsp3) is 0.417. The Kier molecular flexibility index (Phi) is 6.64. The summed E-state index contributed by atoms with van der Waals surface area (Å²) in [5.74, 6) is 0.985. The quantitative estimate of drug-likeness (QED) is 0.590. The number of morpholine rings is 1. The number of hydrogen-bond donors (Lipinski definition) is 1. The first kappa shape index (κ1) is 21.3. The lowest BCUT2D eigenvalue weighted by Gasteiger charge is -2.37. The molecule has 2 unspecified atom stereocenters. The van der Waals surface area contributed by atoms with Crippen LogP contribution in [0.15, 0.2) is 53.1 Å². The highest BCUT2D eigenvalue weighted by atomic mass is 32.1. The zero-order chi connectivity index (χ0) is 21.8. The van der Waals surface area contributed by atoms with Gasteiger partial charge in [-0.2, -0.15) is 0 Å². The van der Waals surface area contributed by atoms with Gasteiger partial charge >= 0.3 is 0 Å². The maximum absolute atomic E-state index is 13.4. The molecule has 0 bridgehead atoms. The van der Waals surface area contributed by atoms with Gasteiger partial charge < -0.3 is 19.2 Å². The number of nitrogens with zero attached hydrogens (tertiary/aromatic N) is 2. The van der Waals surface area contributed by atoms with Crippen LogP contribution < -0.4 is 5.32 Å². The first-order chi connectivity index (χ1) is 15.8. The Hall–Kier alpha value is -2.52. The third kappa shape index (κ3) is 4.63. The van der Waals surface area contributed by atoms with Crippen LogP contribution >= 0.6 is 11.3 Å². The molecule has 0 radical (unpaired) electrons. The fourth-order valence-corrected chi connectivity index (χ4v) is 5.38. The Morgan fingerprint density at radius 2 is 1.97 bits per heavy atom. The topological polar surface area (TPSA) is 76.8 Å². The molecule has 0 aliphatic carbocycles. The van der Waals surface area contributed by atoms with E-state index in [1.807, 2.05) is 42.5 Å². The number of hydrogen-bond acceptors (Lipinski definition) is 7. The molecule has 2 aliphatic heterocycles. The van der Waals surface area contributed by atoms with Crippen LogP contribution in [0.3, 0.4) is 0 Å². The second-order valence-corrected chi connectivity index (χ2v) is 9.09. The van der Waals surface area contributed by atoms with E-state index in [9.17, 15) is 4.79 Å². The zero-order valence-corrected chi connectivity index (χ0v) is 18.7. The van der Waals surface area contributed by atoms with Crippen molar-refractivity contribution in [1.82, 2.24) is 15.2 Å². The van der Waals surface area contributed by atoms with Crippen LogP contribution in [-0.2, 0) is 9.47 Å². The SMILES string of the molecule is O=C(NCC(C1CCOC1)N1CCOCC1)c1sc(-c2ccco2)nc1-c1ccccc1. The lowest BCUT2D eigenvalue weighted by Crippen LogP contribution is -2.52. The molecule has 1 N–H and O–H groups in total. The summed E-state index contributed by atoms with van der Waals surface area (Å²) in [6.07, 6.45) is 2.64. The van der Waals surface area contributed by atoms with Crippen LogP contribution in [0.25, 0.3) is 22.0 Å². The van der Waals surface area contributed by atoms with Crippen molar-refractivity contribution >= 4 is 17.2 Å². The Morgan fingerprint density at radius 1 is 1.12 bits per heavy atom. The third-order valence-electron chi connectivity index (χ3n) is 6.11. The van der Waals surface area contributed by atoms with Crippen LogP contribution in [-0.4, -0.2) is 67.9 Å². The van der Waals surface area contributed by atoms with Gasteiger partial charge in [-0.25, -0.2) is 4.98 Å². The molecule has 2 fully saturated rings. The van der Waals surface area contributed by atoms with Gasteiger partial charge in [-0.05, 0) is 18.6 Å². The summed E-state index contributed by atoms with van der Waals surface area (Å²) in [5, 5.41) is 3.91. The molecule has 2 atom stereocenters. The third-order valence-corrected chi connectivity index (χ3v) is 7.18. The van der Waals surface area contributed by atoms with E-state index in [0.717, 1.165) is 51.5 Å². The number of amides is 1. The zero-order valence-electron chi connectivity index (χ0n) is 17.9. The molecular weight excluding hydrogens is 426 g/mol. The van der Waals surface area contributed by atoms with Crippen molar-refractivity contribution in [2.24, 2.45) is 5.92 Å². The standard InChI is InChI=1S/C24H27N3O4S/c28-23(25-15-19(18-8-12-30-16-18)27-9-13-29-14-10-27)22-21(17-5-2-1-3-6-17)26-24(32-22)20-7-4-11-31-20/h1-7,11,18-19H,8-10,12-16H2,(H,25,28). The number of benzene rings is 1. The number of thiazole rings is 1. The largest absolute Gasteiger partial charge is 0.462 e. The fourth-order valence-electron chi connectivity index (χ4n) is 4.41. The lowest BCUT2D eigenvalue weighted by atomic mass is 9.97. The summed E-state index contributed by atoms with van der Waals surface area (Å²) in [7, 11) is 0.